The first kappa shape index (κ1) is 16.6. The van der Waals surface area contributed by atoms with Crippen LogP contribution in [0.3, 0.4) is 0 Å². The number of hydrogen-bond donors (Lipinski definition) is 1. The van der Waals surface area contributed by atoms with Gasteiger partial charge in [-0.3, -0.25) is 4.90 Å². The largest absolute Gasteiger partial charge is 0.448 e. The monoisotopic (exact) mass is 314 g/mol. The Hall–Kier alpha value is -1.73. The lowest BCUT2D eigenvalue weighted by atomic mass is 10.0. The molecule has 1 fully saturated rings. The summed E-state index contributed by atoms with van der Waals surface area (Å²) >= 11 is 0. The van der Waals surface area contributed by atoms with Gasteiger partial charge in [-0.05, 0) is 24.6 Å². The second kappa shape index (κ2) is 7.02. The third kappa shape index (κ3) is 3.92. The molecule has 22 heavy (non-hydrogen) atoms. The molecule has 1 N–H and O–H groups in total. The first-order valence-electron chi connectivity index (χ1n) is 7.09. The number of aliphatic hydroxyl groups is 1. The van der Waals surface area contributed by atoms with Crippen molar-refractivity contribution in [3.8, 4) is 0 Å². The normalized spacial score (nSPS) is 21.9. The highest BCUT2D eigenvalue weighted by Gasteiger charge is 2.33. The van der Waals surface area contributed by atoms with Gasteiger partial charge in [0.25, 0.3) is 0 Å². The van der Waals surface area contributed by atoms with Crippen molar-refractivity contribution >= 4 is 6.09 Å². The van der Waals surface area contributed by atoms with Crippen LogP contribution in [0, 0.1) is 11.6 Å². The maximum atomic E-state index is 13.9. The number of carbonyl (C=O) groups excluding carboxylic acids is 1. The van der Waals surface area contributed by atoms with Crippen LogP contribution in [0.2, 0.25) is 0 Å². The molecular weight excluding hydrogens is 294 g/mol. The molecule has 1 amide bonds. The van der Waals surface area contributed by atoms with Crippen LogP contribution in [0.25, 0.3) is 0 Å². The van der Waals surface area contributed by atoms with E-state index in [9.17, 15) is 18.7 Å². The number of nitrogens with zero attached hydrogens (tertiary/aromatic N) is 2. The molecule has 1 aliphatic heterocycles. The Bertz CT molecular complexity index is 540. The minimum Gasteiger partial charge on any atom is -0.448 e. The van der Waals surface area contributed by atoms with Gasteiger partial charge in [-0.1, -0.05) is 0 Å². The summed E-state index contributed by atoms with van der Waals surface area (Å²) in [4.78, 5) is 14.5. The van der Waals surface area contributed by atoms with E-state index in [1.54, 1.807) is 19.0 Å². The van der Waals surface area contributed by atoms with Crippen LogP contribution in [-0.2, 0) is 4.74 Å². The van der Waals surface area contributed by atoms with Gasteiger partial charge in [0, 0.05) is 38.8 Å². The standard InChI is InChI=1S/C15H20F2N2O3/c1-18(2)15(21)22-6-5-19-9-11(20)8-14(19)12-7-10(16)3-4-13(12)17/h3-4,7,11,14,20H,5-6,8-9H2,1-2H3/t11-,14-/m1/s1. The highest BCUT2D eigenvalue weighted by atomic mass is 19.1. The summed E-state index contributed by atoms with van der Waals surface area (Å²) in [6, 6.07) is 2.87. The molecule has 5 nitrogen and oxygen atoms in total. The molecular formula is C15H20F2N2O3. The highest BCUT2D eigenvalue weighted by Crippen LogP contribution is 2.33. The Morgan fingerprint density at radius 3 is 2.86 bits per heavy atom. The molecule has 0 bridgehead atoms. The second-order valence-electron chi connectivity index (χ2n) is 5.57. The van der Waals surface area contributed by atoms with Crippen molar-refractivity contribution in [3.63, 3.8) is 0 Å². The molecule has 1 aromatic carbocycles. The van der Waals surface area contributed by atoms with Gasteiger partial charge < -0.3 is 14.7 Å². The van der Waals surface area contributed by atoms with E-state index in [1.165, 1.54) is 4.90 Å². The van der Waals surface area contributed by atoms with E-state index < -0.39 is 29.9 Å². The van der Waals surface area contributed by atoms with Gasteiger partial charge >= 0.3 is 6.09 Å². The number of amides is 1. The topological polar surface area (TPSA) is 53.0 Å². The Labute approximate surface area is 128 Å². The van der Waals surface area contributed by atoms with E-state index in [0.29, 0.717) is 19.5 Å². The summed E-state index contributed by atoms with van der Waals surface area (Å²) in [5, 5.41) is 9.81. The molecule has 0 radical (unpaired) electrons. The SMILES string of the molecule is CN(C)C(=O)OCCN1C[C@H](O)C[C@@H]1c1cc(F)ccc1F. The third-order valence-corrected chi connectivity index (χ3v) is 3.67. The molecule has 1 heterocycles. The van der Waals surface area contributed by atoms with Crippen LogP contribution in [0.5, 0.6) is 0 Å². The minimum atomic E-state index is -0.614. The number of hydrogen-bond acceptors (Lipinski definition) is 4. The van der Waals surface area contributed by atoms with Gasteiger partial charge in [0.1, 0.15) is 18.2 Å². The fourth-order valence-corrected chi connectivity index (χ4v) is 2.60. The number of β-amino-alcohol motifs (C(OH)–C–C–N with tert-alkyl or cyclic N) is 1. The zero-order chi connectivity index (χ0) is 16.3. The van der Waals surface area contributed by atoms with Crippen molar-refractivity contribution in [2.75, 3.05) is 33.8 Å². The molecule has 7 heteroatoms. The van der Waals surface area contributed by atoms with Gasteiger partial charge in [-0.25, -0.2) is 13.6 Å². The number of halogens is 2. The number of benzene rings is 1. The smallest absolute Gasteiger partial charge is 0.409 e. The Kier molecular flexibility index (Phi) is 5.31. The highest BCUT2D eigenvalue weighted by molar-refractivity contribution is 5.66. The fraction of sp³-hybridized carbons (Fsp3) is 0.533. The average Bonchev–Trinajstić information content (AvgIpc) is 2.82. The number of rotatable bonds is 4. The van der Waals surface area contributed by atoms with E-state index in [2.05, 4.69) is 0 Å². The maximum Gasteiger partial charge on any atom is 0.409 e. The lowest BCUT2D eigenvalue weighted by molar-refractivity contribution is 0.0980. The molecule has 0 saturated carbocycles. The Morgan fingerprint density at radius 2 is 2.18 bits per heavy atom. The van der Waals surface area contributed by atoms with Crippen LogP contribution in [0.4, 0.5) is 13.6 Å². The predicted octanol–water partition coefficient (Wildman–Crippen LogP) is 1.77. The molecule has 2 rings (SSSR count). The number of aliphatic hydroxyl groups excluding tert-OH is 1. The summed E-state index contributed by atoms with van der Waals surface area (Å²) < 4.78 is 32.3. The zero-order valence-corrected chi connectivity index (χ0v) is 12.6. The van der Waals surface area contributed by atoms with Crippen LogP contribution in [0.15, 0.2) is 18.2 Å². The molecule has 2 atom stereocenters. The van der Waals surface area contributed by atoms with E-state index in [0.717, 1.165) is 18.2 Å². The molecule has 0 aromatic heterocycles. The molecule has 122 valence electrons. The van der Waals surface area contributed by atoms with Crippen LogP contribution < -0.4 is 0 Å². The fourth-order valence-electron chi connectivity index (χ4n) is 2.60. The second-order valence-corrected chi connectivity index (χ2v) is 5.57. The Morgan fingerprint density at radius 1 is 1.45 bits per heavy atom. The van der Waals surface area contributed by atoms with Crippen molar-refractivity contribution < 1.29 is 23.4 Å². The molecule has 0 spiro atoms. The van der Waals surface area contributed by atoms with Gasteiger partial charge in [0.05, 0.1) is 6.10 Å². The van der Waals surface area contributed by atoms with Crippen molar-refractivity contribution in [2.45, 2.75) is 18.6 Å². The van der Waals surface area contributed by atoms with Crippen molar-refractivity contribution in [1.82, 2.24) is 9.80 Å². The molecule has 0 aliphatic carbocycles. The summed E-state index contributed by atoms with van der Waals surface area (Å²) in [5.74, 6) is -1.02. The zero-order valence-electron chi connectivity index (χ0n) is 12.6. The van der Waals surface area contributed by atoms with Gasteiger partial charge in [0.2, 0.25) is 0 Å². The summed E-state index contributed by atoms with van der Waals surface area (Å²) in [5.41, 5.74) is 0.218. The van der Waals surface area contributed by atoms with Crippen LogP contribution >= 0.6 is 0 Å². The first-order chi connectivity index (χ1) is 10.4. The van der Waals surface area contributed by atoms with E-state index in [4.69, 9.17) is 4.74 Å². The number of likely N-dealkylation sites (tertiary alicyclic amines) is 1. The van der Waals surface area contributed by atoms with Gasteiger partial charge in [-0.2, -0.15) is 0 Å². The van der Waals surface area contributed by atoms with Crippen LogP contribution in [0.1, 0.15) is 18.0 Å². The van der Waals surface area contributed by atoms with Gasteiger partial charge in [0.15, 0.2) is 0 Å². The first-order valence-corrected chi connectivity index (χ1v) is 7.09. The van der Waals surface area contributed by atoms with E-state index >= 15 is 0 Å². The number of ether oxygens (including phenoxy) is 1. The van der Waals surface area contributed by atoms with E-state index in [-0.39, 0.29) is 12.2 Å². The Balaban J connectivity index is 2.03. The summed E-state index contributed by atoms with van der Waals surface area (Å²) in [6.07, 6.45) is -0.757. The average molecular weight is 314 g/mol. The molecule has 1 aliphatic rings. The summed E-state index contributed by atoms with van der Waals surface area (Å²) in [6.45, 7) is 0.800. The van der Waals surface area contributed by atoms with Crippen molar-refractivity contribution in [1.29, 1.82) is 0 Å². The lowest BCUT2D eigenvalue weighted by Crippen LogP contribution is -2.31. The quantitative estimate of drug-likeness (QED) is 0.920. The van der Waals surface area contributed by atoms with Crippen LogP contribution in [-0.4, -0.2) is 60.9 Å². The minimum absolute atomic E-state index is 0.122. The lowest BCUT2D eigenvalue weighted by Gasteiger charge is -2.24. The molecule has 1 aromatic rings. The summed E-state index contributed by atoms with van der Waals surface area (Å²) in [7, 11) is 3.15. The van der Waals surface area contributed by atoms with E-state index in [1.807, 2.05) is 0 Å². The van der Waals surface area contributed by atoms with Crippen molar-refractivity contribution in [3.05, 3.63) is 35.4 Å². The molecule has 1 saturated heterocycles. The predicted molar refractivity (Wildman–Crippen MR) is 76.3 cm³/mol. The molecule has 0 unspecified atom stereocenters. The maximum absolute atomic E-state index is 13.9. The van der Waals surface area contributed by atoms with Crippen molar-refractivity contribution in [2.24, 2.45) is 0 Å². The third-order valence-electron chi connectivity index (χ3n) is 3.67. The van der Waals surface area contributed by atoms with Gasteiger partial charge in [-0.15, -0.1) is 0 Å². The number of carbonyl (C=O) groups is 1.